The maximum Gasteiger partial charge on any atom is 0.273 e. The number of nitrogens with one attached hydrogen (secondary N) is 2. The van der Waals surface area contributed by atoms with E-state index in [1.807, 2.05) is 29.8 Å². The van der Waals surface area contributed by atoms with Crippen molar-refractivity contribution in [1.29, 1.82) is 0 Å². The van der Waals surface area contributed by atoms with Gasteiger partial charge in [0.2, 0.25) is 0 Å². The molecule has 0 spiro atoms. The molecule has 1 aliphatic rings. The van der Waals surface area contributed by atoms with Crippen molar-refractivity contribution in [3.63, 3.8) is 0 Å². The number of amides is 1. The Morgan fingerprint density at radius 2 is 2.33 bits per heavy atom. The molecular weight excluding hydrogens is 314 g/mol. The zero-order valence-electron chi connectivity index (χ0n) is 9.11. The number of H-pyrrole nitrogens is 1. The van der Waals surface area contributed by atoms with Crippen LogP contribution in [-0.2, 0) is 4.79 Å². The van der Waals surface area contributed by atoms with E-state index in [4.69, 9.17) is 0 Å². The first-order valence-corrected chi connectivity index (χ1v) is 6.89. The van der Waals surface area contributed by atoms with Gasteiger partial charge in [-0.25, -0.2) is 5.43 Å². The smallest absolute Gasteiger partial charge is 0.273 e. The molecule has 2 N–H and O–H groups in total. The van der Waals surface area contributed by atoms with Gasteiger partial charge in [-0.05, 0) is 39.5 Å². The second-order valence-corrected chi connectivity index (χ2v) is 5.57. The number of hydrazone groups is 1. The van der Waals surface area contributed by atoms with E-state index in [0.29, 0.717) is 11.3 Å². The van der Waals surface area contributed by atoms with Crippen LogP contribution in [-0.4, -0.2) is 16.6 Å². The van der Waals surface area contributed by atoms with E-state index in [-0.39, 0.29) is 5.91 Å². The van der Waals surface area contributed by atoms with Gasteiger partial charge in [-0.1, -0.05) is 6.07 Å². The molecule has 0 fully saturated rings. The minimum Gasteiger partial charge on any atom is -0.361 e. The standard InChI is InChI=1S/C12H8BrN3OS/c13-7-4-8(14-6-7)5-9-11(15-16-12(9)17)10-2-1-3-18-10/h1-6,14H,(H,16,17). The summed E-state index contributed by atoms with van der Waals surface area (Å²) in [5.41, 5.74) is 4.63. The Balaban J connectivity index is 2.01. The van der Waals surface area contributed by atoms with Crippen LogP contribution >= 0.6 is 27.3 Å². The number of aromatic amines is 1. The lowest BCUT2D eigenvalue weighted by Gasteiger charge is -1.97. The molecule has 90 valence electrons. The molecule has 2 aromatic rings. The van der Waals surface area contributed by atoms with Gasteiger partial charge >= 0.3 is 0 Å². The van der Waals surface area contributed by atoms with Crippen LogP contribution in [0.4, 0.5) is 0 Å². The SMILES string of the molecule is O=C1NN=C(c2cccs2)C1=Cc1cc(Br)c[nH]1. The first-order valence-electron chi connectivity index (χ1n) is 5.22. The number of halogens is 1. The third-order valence-electron chi connectivity index (χ3n) is 2.49. The van der Waals surface area contributed by atoms with Crippen molar-refractivity contribution >= 4 is 45.0 Å². The highest BCUT2D eigenvalue weighted by molar-refractivity contribution is 9.10. The first-order chi connectivity index (χ1) is 8.74. The monoisotopic (exact) mass is 321 g/mol. The van der Waals surface area contributed by atoms with Gasteiger partial charge in [0.1, 0.15) is 5.71 Å². The van der Waals surface area contributed by atoms with Crippen LogP contribution in [0.3, 0.4) is 0 Å². The molecule has 0 atom stereocenters. The third-order valence-corrected chi connectivity index (χ3v) is 3.83. The molecule has 6 heteroatoms. The molecule has 1 amide bonds. The summed E-state index contributed by atoms with van der Waals surface area (Å²) in [6, 6.07) is 5.79. The molecular formula is C12H8BrN3OS. The van der Waals surface area contributed by atoms with Crippen molar-refractivity contribution in [2.75, 3.05) is 0 Å². The topological polar surface area (TPSA) is 57.2 Å². The summed E-state index contributed by atoms with van der Waals surface area (Å²) in [6.45, 7) is 0. The maximum absolute atomic E-state index is 11.8. The first kappa shape index (κ1) is 11.4. The van der Waals surface area contributed by atoms with Crippen LogP contribution in [0, 0.1) is 0 Å². The summed E-state index contributed by atoms with van der Waals surface area (Å²) in [6.07, 6.45) is 3.62. The van der Waals surface area contributed by atoms with Crippen molar-refractivity contribution < 1.29 is 4.79 Å². The lowest BCUT2D eigenvalue weighted by Crippen LogP contribution is -2.13. The highest BCUT2D eigenvalue weighted by Gasteiger charge is 2.24. The third kappa shape index (κ3) is 2.04. The van der Waals surface area contributed by atoms with Gasteiger partial charge < -0.3 is 4.98 Å². The quantitative estimate of drug-likeness (QED) is 0.821. The number of hydrogen-bond acceptors (Lipinski definition) is 3. The fourth-order valence-electron chi connectivity index (χ4n) is 1.69. The van der Waals surface area contributed by atoms with Crippen LogP contribution < -0.4 is 5.43 Å². The minimum atomic E-state index is -0.177. The molecule has 2 aromatic heterocycles. The normalized spacial score (nSPS) is 17.1. The van der Waals surface area contributed by atoms with E-state index in [0.717, 1.165) is 15.0 Å². The summed E-state index contributed by atoms with van der Waals surface area (Å²) < 4.78 is 0.947. The highest BCUT2D eigenvalue weighted by Crippen LogP contribution is 2.21. The summed E-state index contributed by atoms with van der Waals surface area (Å²) in [5, 5.41) is 6.04. The van der Waals surface area contributed by atoms with E-state index in [2.05, 4.69) is 31.4 Å². The molecule has 4 nitrogen and oxygen atoms in total. The fourth-order valence-corrected chi connectivity index (χ4v) is 2.78. The molecule has 0 unspecified atom stereocenters. The van der Waals surface area contributed by atoms with E-state index in [1.165, 1.54) is 0 Å². The van der Waals surface area contributed by atoms with Crippen LogP contribution in [0.25, 0.3) is 6.08 Å². The second kappa shape index (κ2) is 4.55. The Morgan fingerprint density at radius 1 is 1.44 bits per heavy atom. The van der Waals surface area contributed by atoms with Gasteiger partial charge in [0.15, 0.2) is 0 Å². The van der Waals surface area contributed by atoms with Crippen LogP contribution in [0.15, 0.2) is 44.9 Å². The Hall–Kier alpha value is -1.66. The molecule has 1 aliphatic heterocycles. The molecule has 0 radical (unpaired) electrons. The van der Waals surface area contributed by atoms with Crippen LogP contribution in [0.1, 0.15) is 10.6 Å². The van der Waals surface area contributed by atoms with Gasteiger partial charge in [0.25, 0.3) is 5.91 Å². The molecule has 0 bridgehead atoms. The Kier molecular flexibility index (Phi) is 2.89. The number of aromatic nitrogens is 1. The predicted octanol–water partition coefficient (Wildman–Crippen LogP) is 2.76. The number of thiophene rings is 1. The van der Waals surface area contributed by atoms with E-state index in [9.17, 15) is 4.79 Å². The Morgan fingerprint density at radius 3 is 3.00 bits per heavy atom. The fraction of sp³-hybridized carbons (Fsp3) is 0. The average Bonchev–Trinajstić information content (AvgIpc) is 3.03. The van der Waals surface area contributed by atoms with Gasteiger partial charge in [-0.2, -0.15) is 5.10 Å². The molecule has 0 aromatic carbocycles. The lowest BCUT2D eigenvalue weighted by molar-refractivity contribution is -0.116. The van der Waals surface area contributed by atoms with Gasteiger partial charge in [0, 0.05) is 16.4 Å². The second-order valence-electron chi connectivity index (χ2n) is 3.71. The van der Waals surface area contributed by atoms with Gasteiger partial charge in [-0.15, -0.1) is 11.3 Å². The van der Waals surface area contributed by atoms with Crippen molar-refractivity contribution in [3.8, 4) is 0 Å². The van der Waals surface area contributed by atoms with Crippen molar-refractivity contribution in [2.45, 2.75) is 0 Å². The lowest BCUT2D eigenvalue weighted by atomic mass is 10.1. The van der Waals surface area contributed by atoms with Crippen LogP contribution in [0.2, 0.25) is 0 Å². The molecule has 0 saturated carbocycles. The molecule has 18 heavy (non-hydrogen) atoms. The molecule has 0 aliphatic carbocycles. The largest absolute Gasteiger partial charge is 0.361 e. The summed E-state index contributed by atoms with van der Waals surface area (Å²) in [4.78, 5) is 15.8. The van der Waals surface area contributed by atoms with Crippen molar-refractivity contribution in [2.24, 2.45) is 5.10 Å². The summed E-state index contributed by atoms with van der Waals surface area (Å²) in [5.74, 6) is -0.177. The maximum atomic E-state index is 11.8. The molecule has 0 saturated heterocycles. The number of carbonyl (C=O) groups excluding carboxylic acids is 1. The highest BCUT2D eigenvalue weighted by atomic mass is 79.9. The summed E-state index contributed by atoms with van der Waals surface area (Å²) in [7, 11) is 0. The van der Waals surface area contributed by atoms with E-state index >= 15 is 0 Å². The molecule has 3 heterocycles. The molecule has 3 rings (SSSR count). The predicted molar refractivity (Wildman–Crippen MR) is 75.5 cm³/mol. The van der Waals surface area contributed by atoms with Crippen molar-refractivity contribution in [1.82, 2.24) is 10.4 Å². The van der Waals surface area contributed by atoms with Gasteiger partial charge in [0.05, 0.1) is 10.5 Å². The number of rotatable bonds is 2. The Bertz CT molecular complexity index is 655. The number of hydrogen-bond donors (Lipinski definition) is 2. The van der Waals surface area contributed by atoms with Crippen molar-refractivity contribution in [3.05, 3.63) is 50.4 Å². The summed E-state index contributed by atoms with van der Waals surface area (Å²) >= 11 is 4.92. The number of carbonyl (C=O) groups is 1. The Labute approximate surface area is 116 Å². The average molecular weight is 322 g/mol. The van der Waals surface area contributed by atoms with Gasteiger partial charge in [-0.3, -0.25) is 4.79 Å². The zero-order valence-corrected chi connectivity index (χ0v) is 11.5. The van der Waals surface area contributed by atoms with Crippen LogP contribution in [0.5, 0.6) is 0 Å². The zero-order chi connectivity index (χ0) is 12.5. The minimum absolute atomic E-state index is 0.177. The van der Waals surface area contributed by atoms with E-state index in [1.54, 1.807) is 17.4 Å². The number of nitrogens with zero attached hydrogens (tertiary/aromatic N) is 1. The van der Waals surface area contributed by atoms with E-state index < -0.39 is 0 Å².